The molecule has 9 nitrogen and oxygen atoms in total. The Hall–Kier alpha value is -3.28. The van der Waals surface area contributed by atoms with Crippen molar-refractivity contribution >= 4 is 46.6 Å². The van der Waals surface area contributed by atoms with Gasteiger partial charge in [-0.3, -0.25) is 9.59 Å². The number of nitrogens with one attached hydrogen (secondary N) is 2. The zero-order valence-electron chi connectivity index (χ0n) is 23.4. The third-order valence-corrected chi connectivity index (χ3v) is 7.49. The summed E-state index contributed by atoms with van der Waals surface area (Å²) in [6.07, 6.45) is -0.488. The molecule has 13 heteroatoms. The second kappa shape index (κ2) is 13.6. The maximum Gasteiger partial charge on any atom is 0.421 e. The van der Waals surface area contributed by atoms with Gasteiger partial charge in [-0.2, -0.15) is 18.2 Å². The van der Waals surface area contributed by atoms with Gasteiger partial charge in [0.25, 0.3) is 0 Å². The van der Waals surface area contributed by atoms with E-state index in [4.69, 9.17) is 11.6 Å². The number of piperidine rings is 1. The van der Waals surface area contributed by atoms with Gasteiger partial charge in [0.15, 0.2) is 0 Å². The molecule has 1 unspecified atom stereocenters. The molecule has 0 radical (unpaired) electrons. The van der Waals surface area contributed by atoms with E-state index in [0.29, 0.717) is 64.2 Å². The molecule has 2 aliphatic rings. The van der Waals surface area contributed by atoms with Crippen molar-refractivity contribution in [2.24, 2.45) is 0 Å². The number of carbonyl (C=O) groups is 2. The minimum atomic E-state index is -4.63. The molecule has 1 aromatic heterocycles. The van der Waals surface area contributed by atoms with E-state index in [1.807, 2.05) is 30.0 Å². The number of anilines is 4. The zero-order chi connectivity index (χ0) is 29.6. The largest absolute Gasteiger partial charge is 0.421 e. The Morgan fingerprint density at radius 3 is 2.56 bits per heavy atom. The van der Waals surface area contributed by atoms with Crippen LogP contribution in [0, 0.1) is 0 Å². The number of aromatic nitrogens is 2. The highest BCUT2D eigenvalue weighted by atomic mass is 35.5. The van der Waals surface area contributed by atoms with E-state index in [0.717, 1.165) is 30.3 Å². The Balaban J connectivity index is 1.48. The van der Waals surface area contributed by atoms with Gasteiger partial charge in [-0.1, -0.05) is 0 Å². The van der Waals surface area contributed by atoms with Crippen LogP contribution in [0.1, 0.15) is 50.7 Å². The Bertz CT molecular complexity index is 1220. The molecule has 2 aliphatic heterocycles. The van der Waals surface area contributed by atoms with Gasteiger partial charge in [-0.25, -0.2) is 4.98 Å². The number of piperazine rings is 1. The van der Waals surface area contributed by atoms with Gasteiger partial charge in [-0.15, -0.1) is 11.6 Å². The summed E-state index contributed by atoms with van der Waals surface area (Å²) < 4.78 is 41.2. The van der Waals surface area contributed by atoms with Crippen LogP contribution in [0.3, 0.4) is 0 Å². The van der Waals surface area contributed by atoms with Gasteiger partial charge in [0, 0.05) is 82.1 Å². The molecule has 0 saturated carbocycles. The van der Waals surface area contributed by atoms with E-state index in [2.05, 4.69) is 25.5 Å². The zero-order valence-corrected chi connectivity index (χ0v) is 24.2. The number of rotatable bonds is 10. The summed E-state index contributed by atoms with van der Waals surface area (Å²) in [7, 11) is 0. The van der Waals surface area contributed by atoms with Crippen LogP contribution in [-0.2, 0) is 22.2 Å². The van der Waals surface area contributed by atoms with Crippen molar-refractivity contribution in [3.05, 3.63) is 35.5 Å². The van der Waals surface area contributed by atoms with Gasteiger partial charge < -0.3 is 25.3 Å². The van der Waals surface area contributed by atoms with Crippen LogP contribution in [-0.4, -0.2) is 82.8 Å². The fourth-order valence-corrected chi connectivity index (χ4v) is 5.30. The predicted octanol–water partition coefficient (Wildman–Crippen LogP) is 4.89. The van der Waals surface area contributed by atoms with Crippen molar-refractivity contribution in [1.29, 1.82) is 0 Å². The van der Waals surface area contributed by atoms with Crippen molar-refractivity contribution in [2.45, 2.75) is 57.5 Å². The number of halogens is 4. The Kier molecular flexibility index (Phi) is 10.2. The molecule has 4 rings (SSSR count). The van der Waals surface area contributed by atoms with Crippen LogP contribution in [0.25, 0.3) is 0 Å². The molecule has 1 atom stereocenters. The number of alkyl halides is 4. The molecule has 2 aromatic rings. The highest BCUT2D eigenvalue weighted by molar-refractivity contribution is 6.20. The van der Waals surface area contributed by atoms with Crippen molar-refractivity contribution in [3.8, 4) is 0 Å². The Morgan fingerprint density at radius 2 is 1.90 bits per heavy atom. The molecule has 0 spiro atoms. The van der Waals surface area contributed by atoms with Crippen LogP contribution >= 0.6 is 11.6 Å². The number of benzene rings is 1. The minimum Gasteiger partial charge on any atom is -0.369 e. The first-order valence-corrected chi connectivity index (χ1v) is 14.5. The maximum atomic E-state index is 13.7. The van der Waals surface area contributed by atoms with Crippen LogP contribution in [0.5, 0.6) is 0 Å². The molecule has 0 aliphatic carbocycles. The summed E-state index contributed by atoms with van der Waals surface area (Å²) in [6.45, 7) is 7.51. The molecule has 3 heterocycles. The normalized spacial score (nSPS) is 17.0. The van der Waals surface area contributed by atoms with Crippen molar-refractivity contribution in [1.82, 2.24) is 19.8 Å². The fourth-order valence-electron chi connectivity index (χ4n) is 5.13. The first-order chi connectivity index (χ1) is 19.5. The van der Waals surface area contributed by atoms with Crippen molar-refractivity contribution < 1.29 is 22.8 Å². The van der Waals surface area contributed by atoms with Gasteiger partial charge in [0.05, 0.1) is 0 Å². The van der Waals surface area contributed by atoms with E-state index in [9.17, 15) is 22.8 Å². The summed E-state index contributed by atoms with van der Waals surface area (Å²) in [5.74, 6) is -0.138. The standard InChI is InChI=1S/C28H37ClF3N7O2/c1-19(29)16-21-17-22(38-14-12-37(13-15-38)20(2)40)7-8-24(21)35-27-34-18-23(28(30,31)32)26(36-27)33-9-5-11-39-10-4-3-6-25(39)41/h7-8,17-19H,3-6,9-16H2,1-2H3,(H2,33,34,35,36). The molecular formula is C28H37ClF3N7O2. The average molecular weight is 596 g/mol. The minimum absolute atomic E-state index is 0.0259. The lowest BCUT2D eigenvalue weighted by atomic mass is 10.1. The molecule has 0 bridgehead atoms. The van der Waals surface area contributed by atoms with E-state index in [1.165, 1.54) is 0 Å². The second-order valence-corrected chi connectivity index (χ2v) is 11.3. The van der Waals surface area contributed by atoms with E-state index >= 15 is 0 Å². The van der Waals surface area contributed by atoms with Crippen LogP contribution in [0.15, 0.2) is 24.4 Å². The smallest absolute Gasteiger partial charge is 0.369 e. The fraction of sp³-hybridized carbons (Fsp3) is 0.571. The van der Waals surface area contributed by atoms with Crippen molar-refractivity contribution in [2.75, 3.05) is 61.3 Å². The molecule has 41 heavy (non-hydrogen) atoms. The summed E-state index contributed by atoms with van der Waals surface area (Å²) in [5.41, 5.74) is 1.56. The molecule has 2 saturated heterocycles. The van der Waals surface area contributed by atoms with E-state index in [1.54, 1.807) is 11.8 Å². The summed E-state index contributed by atoms with van der Waals surface area (Å²) in [5, 5.41) is 5.71. The van der Waals surface area contributed by atoms with Gasteiger partial charge in [-0.05, 0) is 56.4 Å². The molecular weight excluding hydrogens is 559 g/mol. The lowest BCUT2D eigenvalue weighted by molar-refractivity contribution is -0.137. The van der Waals surface area contributed by atoms with E-state index in [-0.39, 0.29) is 35.5 Å². The van der Waals surface area contributed by atoms with Gasteiger partial charge in [0.2, 0.25) is 17.8 Å². The molecule has 1 aromatic carbocycles. The number of hydrogen-bond acceptors (Lipinski definition) is 7. The third kappa shape index (κ3) is 8.37. The molecule has 2 N–H and O–H groups in total. The van der Waals surface area contributed by atoms with Crippen LogP contribution in [0.4, 0.5) is 36.3 Å². The Morgan fingerprint density at radius 1 is 1.15 bits per heavy atom. The van der Waals surface area contributed by atoms with E-state index < -0.39 is 11.7 Å². The lowest BCUT2D eigenvalue weighted by Crippen LogP contribution is -2.48. The number of hydrogen-bond donors (Lipinski definition) is 2. The predicted molar refractivity (Wildman–Crippen MR) is 154 cm³/mol. The quantitative estimate of drug-likeness (QED) is 0.298. The van der Waals surface area contributed by atoms with Gasteiger partial charge >= 0.3 is 6.18 Å². The summed E-state index contributed by atoms with van der Waals surface area (Å²) in [4.78, 5) is 37.6. The summed E-state index contributed by atoms with van der Waals surface area (Å²) in [6, 6.07) is 5.79. The maximum absolute atomic E-state index is 13.7. The number of likely N-dealkylation sites (tertiary alicyclic amines) is 1. The number of nitrogens with zero attached hydrogens (tertiary/aromatic N) is 5. The van der Waals surface area contributed by atoms with Crippen LogP contribution in [0.2, 0.25) is 0 Å². The number of carbonyl (C=O) groups excluding carboxylic acids is 2. The van der Waals surface area contributed by atoms with Gasteiger partial charge in [0.1, 0.15) is 11.4 Å². The summed E-state index contributed by atoms with van der Waals surface area (Å²) >= 11 is 6.34. The first-order valence-electron chi connectivity index (χ1n) is 14.0. The monoisotopic (exact) mass is 595 g/mol. The second-order valence-electron chi connectivity index (χ2n) is 10.5. The highest BCUT2D eigenvalue weighted by Crippen LogP contribution is 2.35. The highest BCUT2D eigenvalue weighted by Gasteiger charge is 2.35. The molecule has 224 valence electrons. The topological polar surface area (TPSA) is 93.7 Å². The van der Waals surface area contributed by atoms with Crippen LogP contribution < -0.4 is 15.5 Å². The molecule has 2 amide bonds. The lowest BCUT2D eigenvalue weighted by Gasteiger charge is -2.36. The SMILES string of the molecule is CC(=O)N1CCN(c2ccc(Nc3ncc(C(F)(F)F)c(NCCCN4CCCCC4=O)n3)c(CC(C)Cl)c2)CC1. The number of amides is 2. The first kappa shape index (κ1) is 30.7. The average Bonchev–Trinajstić information content (AvgIpc) is 2.92. The van der Waals surface area contributed by atoms with Crippen molar-refractivity contribution in [3.63, 3.8) is 0 Å². The Labute approximate surface area is 243 Å². The molecule has 2 fully saturated rings. The third-order valence-electron chi connectivity index (χ3n) is 7.34.